The Labute approximate surface area is 107 Å². The van der Waals surface area contributed by atoms with E-state index < -0.39 is 0 Å². The van der Waals surface area contributed by atoms with E-state index in [1.54, 1.807) is 6.07 Å². The lowest BCUT2D eigenvalue weighted by Gasteiger charge is -2.42. The normalized spacial score (nSPS) is 34.4. The number of benzene rings is 1. The molecular formula is C15H20FNO. The van der Waals surface area contributed by atoms with Crippen molar-refractivity contribution in [2.45, 2.75) is 50.7 Å². The Bertz CT molecular complexity index is 462. The Hall–Kier alpha value is -1.09. The summed E-state index contributed by atoms with van der Waals surface area (Å²) in [6.45, 7) is 2.20. The first-order valence-electron chi connectivity index (χ1n) is 6.88. The minimum atomic E-state index is -0.246. The molecule has 1 aromatic rings. The first kappa shape index (κ1) is 12.0. The summed E-state index contributed by atoms with van der Waals surface area (Å²) in [5.74, 6) is 0.970. The number of hydrogen-bond donors (Lipinski definition) is 1. The smallest absolute Gasteiger partial charge is 0.127 e. The van der Waals surface area contributed by atoms with Crippen LogP contribution in [0.5, 0.6) is 5.75 Å². The van der Waals surface area contributed by atoms with Crippen molar-refractivity contribution >= 4 is 0 Å². The third kappa shape index (κ3) is 1.72. The van der Waals surface area contributed by atoms with Crippen molar-refractivity contribution in [3.8, 4) is 5.75 Å². The first-order chi connectivity index (χ1) is 8.64. The van der Waals surface area contributed by atoms with Crippen LogP contribution >= 0.6 is 0 Å². The first-order valence-corrected chi connectivity index (χ1v) is 6.88. The van der Waals surface area contributed by atoms with Crippen LogP contribution in [-0.2, 0) is 0 Å². The van der Waals surface area contributed by atoms with Gasteiger partial charge in [0.25, 0.3) is 0 Å². The molecule has 3 rings (SSSR count). The predicted molar refractivity (Wildman–Crippen MR) is 68.9 cm³/mol. The molecule has 1 saturated carbocycles. The topological polar surface area (TPSA) is 35.2 Å². The van der Waals surface area contributed by atoms with Gasteiger partial charge >= 0.3 is 0 Å². The Kier molecular flexibility index (Phi) is 2.81. The standard InChI is InChI=1S/C15H20FNO/c1-2-10-4-3-7-15(10)9-13(17)12-6-5-11(16)8-14(12)18-15/h5-6,8,10,13H,2-4,7,9,17H2,1H3/t10?,13-,15?/m0/s1. The second-order valence-electron chi connectivity index (χ2n) is 5.66. The van der Waals surface area contributed by atoms with Gasteiger partial charge in [-0.05, 0) is 37.7 Å². The van der Waals surface area contributed by atoms with Crippen LogP contribution in [-0.4, -0.2) is 5.60 Å². The number of fused-ring (bicyclic) bond motifs is 1. The zero-order valence-corrected chi connectivity index (χ0v) is 10.8. The molecule has 1 fully saturated rings. The maximum atomic E-state index is 13.4. The summed E-state index contributed by atoms with van der Waals surface area (Å²) in [7, 11) is 0. The molecule has 2 nitrogen and oxygen atoms in total. The molecule has 0 amide bonds. The fraction of sp³-hybridized carbons (Fsp3) is 0.600. The highest BCUT2D eigenvalue weighted by molar-refractivity contribution is 5.39. The van der Waals surface area contributed by atoms with Gasteiger partial charge in [-0.15, -0.1) is 0 Å². The summed E-state index contributed by atoms with van der Waals surface area (Å²) in [6, 6.07) is 4.69. The van der Waals surface area contributed by atoms with Crippen LogP contribution in [0.25, 0.3) is 0 Å². The van der Waals surface area contributed by atoms with Gasteiger partial charge in [0.05, 0.1) is 0 Å². The number of hydrogen-bond acceptors (Lipinski definition) is 2. The monoisotopic (exact) mass is 249 g/mol. The largest absolute Gasteiger partial charge is 0.486 e. The van der Waals surface area contributed by atoms with Gasteiger partial charge in [-0.25, -0.2) is 4.39 Å². The minimum absolute atomic E-state index is 0.0264. The average molecular weight is 249 g/mol. The van der Waals surface area contributed by atoms with Crippen molar-refractivity contribution in [1.29, 1.82) is 0 Å². The van der Waals surface area contributed by atoms with E-state index >= 15 is 0 Å². The molecule has 2 aliphatic rings. The Morgan fingerprint density at radius 3 is 3.11 bits per heavy atom. The molecule has 1 spiro atoms. The quantitative estimate of drug-likeness (QED) is 0.826. The molecule has 2 N–H and O–H groups in total. The fourth-order valence-electron chi connectivity index (χ4n) is 3.74. The summed E-state index contributed by atoms with van der Waals surface area (Å²) in [4.78, 5) is 0. The van der Waals surface area contributed by atoms with Gasteiger partial charge in [-0.3, -0.25) is 0 Å². The van der Waals surface area contributed by atoms with Crippen LogP contribution in [0.3, 0.4) is 0 Å². The summed E-state index contributed by atoms with van der Waals surface area (Å²) < 4.78 is 19.6. The lowest BCUT2D eigenvalue weighted by Crippen LogP contribution is -2.45. The lowest BCUT2D eigenvalue weighted by molar-refractivity contribution is -0.00124. The molecule has 0 aromatic heterocycles. The van der Waals surface area contributed by atoms with Crippen LogP contribution in [0.1, 0.15) is 50.6 Å². The Morgan fingerprint density at radius 2 is 2.33 bits per heavy atom. The second kappa shape index (κ2) is 4.23. The number of halogens is 1. The van der Waals surface area contributed by atoms with Crippen LogP contribution in [0.15, 0.2) is 18.2 Å². The molecule has 2 unspecified atom stereocenters. The third-order valence-corrected chi connectivity index (χ3v) is 4.64. The molecule has 0 bridgehead atoms. The third-order valence-electron chi connectivity index (χ3n) is 4.64. The van der Waals surface area contributed by atoms with Gasteiger partial charge < -0.3 is 10.5 Å². The van der Waals surface area contributed by atoms with Crippen molar-refractivity contribution in [2.75, 3.05) is 0 Å². The van der Waals surface area contributed by atoms with E-state index in [1.165, 1.54) is 25.0 Å². The summed E-state index contributed by atoms with van der Waals surface area (Å²) in [5, 5.41) is 0. The van der Waals surface area contributed by atoms with Crippen LogP contribution < -0.4 is 10.5 Å². The molecule has 0 saturated heterocycles. The molecule has 1 aromatic carbocycles. The zero-order valence-electron chi connectivity index (χ0n) is 10.8. The Balaban J connectivity index is 1.99. The summed E-state index contributed by atoms with van der Waals surface area (Å²) in [6.07, 6.45) is 5.42. The number of ether oxygens (including phenoxy) is 1. The van der Waals surface area contributed by atoms with E-state index in [2.05, 4.69) is 6.92 Å². The maximum Gasteiger partial charge on any atom is 0.127 e. The van der Waals surface area contributed by atoms with Gasteiger partial charge in [0.2, 0.25) is 0 Å². The Morgan fingerprint density at radius 1 is 1.50 bits per heavy atom. The van der Waals surface area contributed by atoms with Crippen molar-refractivity contribution in [2.24, 2.45) is 11.7 Å². The number of nitrogens with two attached hydrogens (primary N) is 1. The SMILES string of the molecule is CCC1CCCC12C[C@H](N)c1ccc(F)cc1O2. The van der Waals surface area contributed by atoms with E-state index in [1.807, 2.05) is 0 Å². The molecule has 18 heavy (non-hydrogen) atoms. The van der Waals surface area contributed by atoms with Crippen LogP contribution in [0.4, 0.5) is 4.39 Å². The second-order valence-corrected chi connectivity index (χ2v) is 5.66. The number of rotatable bonds is 1. The molecule has 98 valence electrons. The lowest BCUT2D eigenvalue weighted by atomic mass is 9.79. The van der Waals surface area contributed by atoms with E-state index in [0.717, 1.165) is 24.8 Å². The van der Waals surface area contributed by atoms with E-state index in [9.17, 15) is 4.39 Å². The molecule has 1 aliphatic carbocycles. The fourth-order valence-corrected chi connectivity index (χ4v) is 3.74. The maximum absolute atomic E-state index is 13.4. The molecule has 0 radical (unpaired) electrons. The van der Waals surface area contributed by atoms with Crippen LogP contribution in [0, 0.1) is 11.7 Å². The van der Waals surface area contributed by atoms with Gasteiger partial charge in [0.1, 0.15) is 17.2 Å². The highest BCUT2D eigenvalue weighted by Gasteiger charge is 2.48. The van der Waals surface area contributed by atoms with E-state index in [0.29, 0.717) is 11.7 Å². The van der Waals surface area contributed by atoms with Gasteiger partial charge in [-0.2, -0.15) is 0 Å². The van der Waals surface area contributed by atoms with Crippen LogP contribution in [0.2, 0.25) is 0 Å². The average Bonchev–Trinajstić information content (AvgIpc) is 2.70. The van der Waals surface area contributed by atoms with Crippen molar-refractivity contribution in [1.82, 2.24) is 0 Å². The molecule has 3 atom stereocenters. The van der Waals surface area contributed by atoms with Gasteiger partial charge in [-0.1, -0.05) is 13.0 Å². The predicted octanol–water partition coefficient (Wildman–Crippen LogP) is 3.56. The van der Waals surface area contributed by atoms with Gasteiger partial charge in [0, 0.05) is 24.1 Å². The molecule has 3 heteroatoms. The summed E-state index contributed by atoms with van der Waals surface area (Å²) in [5.41, 5.74) is 7.07. The zero-order chi connectivity index (χ0) is 12.8. The van der Waals surface area contributed by atoms with Crippen molar-refractivity contribution in [3.05, 3.63) is 29.6 Å². The van der Waals surface area contributed by atoms with Gasteiger partial charge in [0.15, 0.2) is 0 Å². The molecule has 1 heterocycles. The van der Waals surface area contributed by atoms with Crippen molar-refractivity contribution in [3.63, 3.8) is 0 Å². The molecular weight excluding hydrogens is 229 g/mol. The summed E-state index contributed by atoms with van der Waals surface area (Å²) >= 11 is 0. The minimum Gasteiger partial charge on any atom is -0.486 e. The van der Waals surface area contributed by atoms with Crippen molar-refractivity contribution < 1.29 is 9.13 Å². The highest BCUT2D eigenvalue weighted by Crippen LogP contribution is 2.50. The van der Waals surface area contributed by atoms with E-state index in [4.69, 9.17) is 10.5 Å². The highest BCUT2D eigenvalue weighted by atomic mass is 19.1. The van der Waals surface area contributed by atoms with E-state index in [-0.39, 0.29) is 17.5 Å². The molecule has 1 aliphatic heterocycles.